The second-order valence-electron chi connectivity index (χ2n) is 6.59. The molecule has 3 aromatic rings. The van der Waals surface area contributed by atoms with Crippen molar-refractivity contribution in [3.05, 3.63) is 72.1 Å². The zero-order chi connectivity index (χ0) is 19.3. The molecule has 2 aromatic carbocycles. The number of aromatic nitrogens is 2. The van der Waals surface area contributed by atoms with E-state index in [1.807, 2.05) is 65.9 Å². The van der Waals surface area contributed by atoms with Gasteiger partial charge < -0.3 is 15.0 Å². The molecule has 1 saturated heterocycles. The molecule has 0 radical (unpaired) electrons. The van der Waals surface area contributed by atoms with E-state index in [1.165, 1.54) is 4.90 Å². The summed E-state index contributed by atoms with van der Waals surface area (Å²) in [6, 6.07) is 15.4. The van der Waals surface area contributed by atoms with Crippen LogP contribution in [0.25, 0.3) is 0 Å². The molecule has 2 N–H and O–H groups in total. The minimum atomic E-state index is 0.0332. The van der Waals surface area contributed by atoms with Crippen LogP contribution in [0, 0.1) is 0 Å². The summed E-state index contributed by atoms with van der Waals surface area (Å²) in [5, 5.41) is 10.2. The van der Waals surface area contributed by atoms with E-state index in [4.69, 9.17) is 4.74 Å². The minimum Gasteiger partial charge on any atom is -0.457 e. The van der Waals surface area contributed by atoms with Gasteiger partial charge in [-0.25, -0.2) is 0 Å². The van der Waals surface area contributed by atoms with Crippen molar-refractivity contribution in [2.24, 2.45) is 0 Å². The van der Waals surface area contributed by atoms with Crippen molar-refractivity contribution >= 4 is 17.7 Å². The highest BCUT2D eigenvalue weighted by Gasteiger charge is 2.25. The number of ether oxygens (including phenoxy) is 1. The van der Waals surface area contributed by atoms with Crippen molar-refractivity contribution in [2.45, 2.75) is 10.9 Å². The maximum absolute atomic E-state index is 12.9. The Bertz CT molecular complexity index is 911. The van der Waals surface area contributed by atoms with Crippen LogP contribution in [0.5, 0.6) is 11.5 Å². The molecule has 0 bridgehead atoms. The van der Waals surface area contributed by atoms with E-state index in [2.05, 4.69) is 15.5 Å². The Labute approximate surface area is 168 Å². The van der Waals surface area contributed by atoms with E-state index in [0.717, 1.165) is 17.9 Å². The second-order valence-corrected chi connectivity index (χ2v) is 7.47. The number of nitrogens with one attached hydrogen (secondary N) is 2. The summed E-state index contributed by atoms with van der Waals surface area (Å²) in [6.07, 6.45) is 5.70. The van der Waals surface area contributed by atoms with Crippen LogP contribution < -0.4 is 10.1 Å². The van der Waals surface area contributed by atoms with Gasteiger partial charge in [-0.15, -0.1) is 11.8 Å². The molecule has 6 nitrogen and oxygen atoms in total. The molecule has 1 aliphatic rings. The summed E-state index contributed by atoms with van der Waals surface area (Å²) in [6.45, 7) is 2.07. The molecule has 1 atom stereocenters. The highest BCUT2D eigenvalue weighted by Crippen LogP contribution is 2.25. The SMILES string of the molecule is CSc1ccc(Oc2ccc(C(=O)N3CCNC(c4cn[nH]c4)C3)cc2)cc1. The van der Waals surface area contributed by atoms with Gasteiger partial charge in [0.2, 0.25) is 0 Å². The van der Waals surface area contributed by atoms with Crippen molar-refractivity contribution in [1.29, 1.82) is 0 Å². The molecule has 7 heteroatoms. The van der Waals surface area contributed by atoms with E-state index in [9.17, 15) is 4.79 Å². The van der Waals surface area contributed by atoms with Gasteiger partial charge in [-0.3, -0.25) is 9.89 Å². The van der Waals surface area contributed by atoms with Crippen LogP contribution in [0.2, 0.25) is 0 Å². The number of amides is 1. The standard InChI is InChI=1S/C21H22N4O2S/c1-28-19-8-6-18(7-9-19)27-17-4-2-15(3-5-17)21(26)25-11-10-22-20(14-25)16-12-23-24-13-16/h2-9,12-13,20,22H,10-11,14H2,1H3,(H,23,24). The van der Waals surface area contributed by atoms with Gasteiger partial charge in [0.05, 0.1) is 12.2 Å². The van der Waals surface area contributed by atoms with E-state index >= 15 is 0 Å². The summed E-state index contributed by atoms with van der Waals surface area (Å²) in [5.41, 5.74) is 1.73. The first-order valence-electron chi connectivity index (χ1n) is 9.16. The third kappa shape index (κ3) is 4.21. The molecule has 1 amide bonds. The summed E-state index contributed by atoms with van der Waals surface area (Å²) in [4.78, 5) is 16.0. The Balaban J connectivity index is 1.40. The van der Waals surface area contributed by atoms with Crippen molar-refractivity contribution in [3.63, 3.8) is 0 Å². The van der Waals surface area contributed by atoms with Gasteiger partial charge in [0.15, 0.2) is 0 Å². The number of benzene rings is 2. The number of aromatic amines is 1. The lowest BCUT2D eigenvalue weighted by atomic mass is 10.1. The van der Waals surface area contributed by atoms with Gasteiger partial charge in [0, 0.05) is 41.9 Å². The van der Waals surface area contributed by atoms with Gasteiger partial charge in [-0.2, -0.15) is 5.10 Å². The topological polar surface area (TPSA) is 70.2 Å². The first-order valence-corrected chi connectivity index (χ1v) is 10.4. The average molecular weight is 395 g/mol. The smallest absolute Gasteiger partial charge is 0.253 e. The number of thioether (sulfide) groups is 1. The highest BCUT2D eigenvalue weighted by atomic mass is 32.2. The van der Waals surface area contributed by atoms with Crippen molar-refractivity contribution < 1.29 is 9.53 Å². The molecule has 0 aliphatic carbocycles. The number of hydrogen-bond donors (Lipinski definition) is 2. The fourth-order valence-corrected chi connectivity index (χ4v) is 3.65. The summed E-state index contributed by atoms with van der Waals surface area (Å²) < 4.78 is 5.87. The van der Waals surface area contributed by atoms with Crippen LogP contribution in [0.3, 0.4) is 0 Å². The van der Waals surface area contributed by atoms with Gasteiger partial charge >= 0.3 is 0 Å². The Hall–Kier alpha value is -2.77. The van der Waals surface area contributed by atoms with E-state index in [-0.39, 0.29) is 11.9 Å². The molecule has 0 spiro atoms. The first kappa shape index (κ1) is 18.6. The van der Waals surface area contributed by atoms with Crippen molar-refractivity contribution in [1.82, 2.24) is 20.4 Å². The Kier molecular flexibility index (Phi) is 5.64. The molecule has 1 fully saturated rings. The number of carbonyl (C=O) groups is 1. The molecule has 28 heavy (non-hydrogen) atoms. The van der Waals surface area contributed by atoms with Crippen LogP contribution >= 0.6 is 11.8 Å². The van der Waals surface area contributed by atoms with Gasteiger partial charge in [-0.1, -0.05) is 0 Å². The molecule has 1 aromatic heterocycles. The predicted molar refractivity (Wildman–Crippen MR) is 110 cm³/mol. The maximum Gasteiger partial charge on any atom is 0.253 e. The van der Waals surface area contributed by atoms with Crippen molar-refractivity contribution in [3.8, 4) is 11.5 Å². The molecule has 1 unspecified atom stereocenters. The maximum atomic E-state index is 12.9. The largest absolute Gasteiger partial charge is 0.457 e. The molecule has 2 heterocycles. The zero-order valence-corrected chi connectivity index (χ0v) is 16.4. The summed E-state index contributed by atoms with van der Waals surface area (Å²) >= 11 is 1.69. The molecule has 4 rings (SSSR count). The molecule has 1 aliphatic heterocycles. The van der Waals surface area contributed by atoms with E-state index in [1.54, 1.807) is 18.0 Å². The van der Waals surface area contributed by atoms with Crippen LogP contribution in [-0.2, 0) is 0 Å². The number of H-pyrrole nitrogens is 1. The Morgan fingerprint density at radius 3 is 2.50 bits per heavy atom. The molecular weight excluding hydrogens is 372 g/mol. The van der Waals surface area contributed by atoms with E-state index in [0.29, 0.717) is 24.4 Å². The Morgan fingerprint density at radius 2 is 1.86 bits per heavy atom. The number of nitrogens with zero attached hydrogens (tertiary/aromatic N) is 2. The zero-order valence-electron chi connectivity index (χ0n) is 15.6. The fourth-order valence-electron chi connectivity index (χ4n) is 3.24. The number of rotatable bonds is 5. The lowest BCUT2D eigenvalue weighted by molar-refractivity contribution is 0.0703. The minimum absolute atomic E-state index is 0.0332. The predicted octanol–water partition coefficient (Wildman–Crippen LogP) is 3.71. The monoisotopic (exact) mass is 394 g/mol. The van der Waals surface area contributed by atoms with Gasteiger partial charge in [-0.05, 0) is 54.8 Å². The lowest BCUT2D eigenvalue weighted by Crippen LogP contribution is -2.48. The van der Waals surface area contributed by atoms with Crippen LogP contribution in [0.1, 0.15) is 22.0 Å². The van der Waals surface area contributed by atoms with Gasteiger partial charge in [0.25, 0.3) is 5.91 Å². The number of piperazine rings is 1. The van der Waals surface area contributed by atoms with Crippen LogP contribution in [0.15, 0.2) is 65.8 Å². The van der Waals surface area contributed by atoms with Gasteiger partial charge in [0.1, 0.15) is 11.5 Å². The first-order chi connectivity index (χ1) is 13.7. The van der Waals surface area contributed by atoms with Crippen LogP contribution in [-0.4, -0.2) is 46.9 Å². The molecular formula is C21H22N4O2S. The van der Waals surface area contributed by atoms with Crippen molar-refractivity contribution in [2.75, 3.05) is 25.9 Å². The third-order valence-electron chi connectivity index (χ3n) is 4.78. The fraction of sp³-hybridized carbons (Fsp3) is 0.238. The quantitative estimate of drug-likeness (QED) is 0.646. The highest BCUT2D eigenvalue weighted by molar-refractivity contribution is 7.98. The van der Waals surface area contributed by atoms with Crippen LogP contribution in [0.4, 0.5) is 0 Å². The molecule has 0 saturated carbocycles. The second kappa shape index (κ2) is 8.50. The third-order valence-corrected chi connectivity index (χ3v) is 5.52. The number of carbonyl (C=O) groups excluding carboxylic acids is 1. The Morgan fingerprint density at radius 1 is 1.14 bits per heavy atom. The lowest BCUT2D eigenvalue weighted by Gasteiger charge is -2.33. The summed E-state index contributed by atoms with van der Waals surface area (Å²) in [7, 11) is 0. The summed E-state index contributed by atoms with van der Waals surface area (Å²) in [5.74, 6) is 1.53. The normalized spacial score (nSPS) is 16.8. The average Bonchev–Trinajstić information content (AvgIpc) is 3.29. The number of hydrogen-bond acceptors (Lipinski definition) is 5. The molecule has 144 valence electrons. The van der Waals surface area contributed by atoms with E-state index < -0.39 is 0 Å².